The maximum absolute atomic E-state index is 12.2. The number of nitrogens with zero attached hydrogens (tertiary/aromatic N) is 1. The minimum Gasteiger partial charge on any atom is -0.285 e. The predicted molar refractivity (Wildman–Crippen MR) is 73.8 cm³/mol. The molecule has 0 aliphatic heterocycles. The number of sulfonamides is 1. The Morgan fingerprint density at radius 3 is 2.74 bits per heavy atom. The van der Waals surface area contributed by atoms with Crippen LogP contribution >= 0.6 is 23.2 Å². The van der Waals surface area contributed by atoms with Gasteiger partial charge in [-0.25, -0.2) is 13.1 Å². The lowest BCUT2D eigenvalue weighted by Gasteiger charge is -2.13. The van der Waals surface area contributed by atoms with Crippen molar-refractivity contribution in [1.82, 2.24) is 14.9 Å². The number of hydrogen-bond donors (Lipinski definition) is 2. The van der Waals surface area contributed by atoms with Gasteiger partial charge < -0.3 is 0 Å². The Balaban J connectivity index is 2.30. The smallest absolute Gasteiger partial charge is 0.242 e. The van der Waals surface area contributed by atoms with Gasteiger partial charge in [0, 0.05) is 22.8 Å². The lowest BCUT2D eigenvalue weighted by molar-refractivity contribution is 0.567. The van der Waals surface area contributed by atoms with E-state index in [2.05, 4.69) is 14.9 Å². The zero-order valence-corrected chi connectivity index (χ0v) is 12.2. The summed E-state index contributed by atoms with van der Waals surface area (Å²) in [6, 6.07) is 3.86. The van der Waals surface area contributed by atoms with Crippen LogP contribution in [0.2, 0.25) is 10.0 Å². The molecular formula is C11H11Cl2N3O2S. The van der Waals surface area contributed by atoms with E-state index < -0.39 is 16.1 Å². The highest BCUT2D eigenvalue weighted by molar-refractivity contribution is 7.89. The van der Waals surface area contributed by atoms with Gasteiger partial charge in [0.15, 0.2) is 0 Å². The number of benzene rings is 1. The molecule has 0 aliphatic carbocycles. The SMILES string of the molecule is CC(NS(=O)(=O)c1cc(Cl)ccc1Cl)c1cn[nH]c1. The topological polar surface area (TPSA) is 74.8 Å². The summed E-state index contributed by atoms with van der Waals surface area (Å²) >= 11 is 11.7. The molecule has 0 radical (unpaired) electrons. The Hall–Kier alpha value is -1.08. The van der Waals surface area contributed by atoms with Crippen molar-refractivity contribution in [2.75, 3.05) is 0 Å². The first-order valence-corrected chi connectivity index (χ1v) is 7.60. The number of hydrogen-bond acceptors (Lipinski definition) is 3. The number of aromatic amines is 1. The molecule has 0 saturated heterocycles. The standard InChI is InChI=1S/C11H11Cl2N3O2S/c1-7(8-5-14-15-6-8)16-19(17,18)11-4-9(12)2-3-10(11)13/h2-7,16H,1H3,(H,14,15). The van der Waals surface area contributed by atoms with Crippen LogP contribution in [0, 0.1) is 0 Å². The Bertz CT molecular complexity index is 671. The van der Waals surface area contributed by atoms with Crippen molar-refractivity contribution in [3.8, 4) is 0 Å². The van der Waals surface area contributed by atoms with Crippen LogP contribution in [0.25, 0.3) is 0 Å². The molecule has 0 aliphatic rings. The lowest BCUT2D eigenvalue weighted by atomic mass is 10.2. The second kappa shape index (κ2) is 5.50. The molecule has 0 bridgehead atoms. The summed E-state index contributed by atoms with van der Waals surface area (Å²) in [7, 11) is -3.75. The molecule has 2 rings (SSSR count). The van der Waals surface area contributed by atoms with E-state index in [1.807, 2.05) is 0 Å². The summed E-state index contributed by atoms with van der Waals surface area (Å²) in [6.45, 7) is 1.71. The van der Waals surface area contributed by atoms with Gasteiger partial charge in [-0.05, 0) is 25.1 Å². The van der Waals surface area contributed by atoms with Crippen molar-refractivity contribution < 1.29 is 8.42 Å². The van der Waals surface area contributed by atoms with Crippen molar-refractivity contribution in [2.24, 2.45) is 0 Å². The molecule has 1 heterocycles. The summed E-state index contributed by atoms with van der Waals surface area (Å²) in [6.07, 6.45) is 3.17. The molecule has 1 aromatic carbocycles. The van der Waals surface area contributed by atoms with E-state index in [1.54, 1.807) is 19.3 Å². The Kier molecular flexibility index (Phi) is 4.15. The molecule has 0 amide bonds. The fourth-order valence-electron chi connectivity index (χ4n) is 1.55. The van der Waals surface area contributed by atoms with Crippen LogP contribution in [0.5, 0.6) is 0 Å². The van der Waals surface area contributed by atoms with Crippen LogP contribution in [0.1, 0.15) is 18.5 Å². The number of H-pyrrole nitrogens is 1. The van der Waals surface area contributed by atoms with Crippen LogP contribution in [0.3, 0.4) is 0 Å². The van der Waals surface area contributed by atoms with Gasteiger partial charge in [0.05, 0.1) is 11.2 Å². The molecule has 19 heavy (non-hydrogen) atoms. The molecule has 1 aromatic heterocycles. The number of nitrogens with one attached hydrogen (secondary N) is 2. The first-order valence-electron chi connectivity index (χ1n) is 5.36. The van der Waals surface area contributed by atoms with E-state index in [1.165, 1.54) is 18.2 Å². The quantitative estimate of drug-likeness (QED) is 0.909. The third-order valence-electron chi connectivity index (χ3n) is 2.53. The number of halogens is 2. The number of aromatic nitrogens is 2. The molecule has 1 atom stereocenters. The average Bonchev–Trinajstić information content (AvgIpc) is 2.85. The van der Waals surface area contributed by atoms with Gasteiger partial charge in [-0.1, -0.05) is 23.2 Å². The summed E-state index contributed by atoms with van der Waals surface area (Å²) in [5.74, 6) is 0. The van der Waals surface area contributed by atoms with Gasteiger partial charge in [0.2, 0.25) is 10.0 Å². The molecule has 0 fully saturated rings. The zero-order chi connectivity index (χ0) is 14.0. The molecule has 5 nitrogen and oxygen atoms in total. The summed E-state index contributed by atoms with van der Waals surface area (Å²) in [4.78, 5) is -0.0444. The zero-order valence-electron chi connectivity index (χ0n) is 9.89. The highest BCUT2D eigenvalue weighted by Gasteiger charge is 2.21. The van der Waals surface area contributed by atoms with Crippen molar-refractivity contribution in [3.05, 3.63) is 46.2 Å². The molecule has 102 valence electrons. The number of rotatable bonds is 4. The van der Waals surface area contributed by atoms with Gasteiger partial charge in [-0.3, -0.25) is 5.10 Å². The lowest BCUT2D eigenvalue weighted by Crippen LogP contribution is -2.27. The summed E-state index contributed by atoms with van der Waals surface area (Å²) in [5, 5.41) is 6.82. The van der Waals surface area contributed by atoms with Gasteiger partial charge in [0.1, 0.15) is 4.90 Å². The third-order valence-corrected chi connectivity index (χ3v) is 4.79. The van der Waals surface area contributed by atoms with Gasteiger partial charge in [-0.15, -0.1) is 0 Å². The molecule has 1 unspecified atom stereocenters. The van der Waals surface area contributed by atoms with Crippen molar-refractivity contribution in [3.63, 3.8) is 0 Å². The van der Waals surface area contributed by atoms with Crippen molar-refractivity contribution >= 4 is 33.2 Å². The molecule has 2 aromatic rings. The second-order valence-corrected chi connectivity index (χ2v) is 6.48. The summed E-state index contributed by atoms with van der Waals surface area (Å²) in [5.41, 5.74) is 0.724. The van der Waals surface area contributed by atoms with Crippen LogP contribution < -0.4 is 4.72 Å². The highest BCUT2D eigenvalue weighted by atomic mass is 35.5. The third kappa shape index (κ3) is 3.27. The van der Waals surface area contributed by atoms with E-state index in [0.29, 0.717) is 5.02 Å². The normalized spacial score (nSPS) is 13.4. The first-order chi connectivity index (χ1) is 8.90. The largest absolute Gasteiger partial charge is 0.285 e. The summed E-state index contributed by atoms with van der Waals surface area (Å²) < 4.78 is 27.0. The second-order valence-electron chi connectivity index (χ2n) is 3.95. The van der Waals surface area contributed by atoms with Crippen LogP contribution in [0.4, 0.5) is 0 Å². The van der Waals surface area contributed by atoms with E-state index >= 15 is 0 Å². The predicted octanol–water partition coefficient (Wildman–Crippen LogP) is 2.76. The monoisotopic (exact) mass is 319 g/mol. The molecular weight excluding hydrogens is 309 g/mol. The van der Waals surface area contributed by atoms with Gasteiger partial charge >= 0.3 is 0 Å². The van der Waals surface area contributed by atoms with Crippen LogP contribution in [-0.2, 0) is 10.0 Å². The first kappa shape index (κ1) is 14.3. The van der Waals surface area contributed by atoms with E-state index in [9.17, 15) is 8.42 Å². The van der Waals surface area contributed by atoms with Crippen molar-refractivity contribution in [1.29, 1.82) is 0 Å². The Morgan fingerprint density at radius 2 is 2.11 bits per heavy atom. The Labute approximate surface area is 121 Å². The maximum Gasteiger partial charge on any atom is 0.242 e. The van der Waals surface area contributed by atoms with Gasteiger partial charge in [0.25, 0.3) is 0 Å². The molecule has 0 saturated carbocycles. The van der Waals surface area contributed by atoms with E-state index in [0.717, 1.165) is 5.56 Å². The fraction of sp³-hybridized carbons (Fsp3) is 0.182. The van der Waals surface area contributed by atoms with Crippen LogP contribution in [-0.4, -0.2) is 18.6 Å². The van der Waals surface area contributed by atoms with Gasteiger partial charge in [-0.2, -0.15) is 5.10 Å². The van der Waals surface area contributed by atoms with E-state index in [-0.39, 0.29) is 9.92 Å². The molecule has 2 N–H and O–H groups in total. The van der Waals surface area contributed by atoms with Crippen molar-refractivity contribution in [2.45, 2.75) is 17.9 Å². The minimum atomic E-state index is -3.75. The minimum absolute atomic E-state index is 0.0444. The highest BCUT2D eigenvalue weighted by Crippen LogP contribution is 2.26. The molecule has 0 spiro atoms. The maximum atomic E-state index is 12.2. The Morgan fingerprint density at radius 1 is 1.37 bits per heavy atom. The van der Waals surface area contributed by atoms with E-state index in [4.69, 9.17) is 23.2 Å². The van der Waals surface area contributed by atoms with Crippen LogP contribution in [0.15, 0.2) is 35.5 Å². The molecule has 8 heteroatoms. The fourth-order valence-corrected chi connectivity index (χ4v) is 3.54. The average molecular weight is 320 g/mol.